The van der Waals surface area contributed by atoms with Crippen molar-refractivity contribution >= 4 is 34.8 Å². The summed E-state index contributed by atoms with van der Waals surface area (Å²) in [6, 6.07) is 14.1. The maximum absolute atomic E-state index is 14.7. The molecule has 3 aliphatic heterocycles. The Morgan fingerprint density at radius 1 is 1.07 bits per heavy atom. The zero-order valence-electron chi connectivity index (χ0n) is 22.9. The maximum atomic E-state index is 14.7. The lowest BCUT2D eigenvalue weighted by molar-refractivity contribution is -0.0593. The highest BCUT2D eigenvalue weighted by atomic mass is 35.5. The van der Waals surface area contributed by atoms with Gasteiger partial charge in [0.15, 0.2) is 11.3 Å². The Bertz CT molecular complexity index is 1690. The standard InChI is InChI=1S/C32H30ClFN4O4/c33-21-5-6-24(25(34)16-21)28-9-4-20-2-1-3-23(30(20)42-28)19-10-13-37(14-11-19)18-29-35-26-7-8-27(32(39)40)36-31(26)38(29)17-22-12-15-41-22/h1-9,16,19,22,28H,10-15,17-18H2,(H,39,40)/t22-,28-/m1/s1. The Morgan fingerprint density at radius 2 is 1.90 bits per heavy atom. The molecular weight excluding hydrogens is 559 g/mol. The fourth-order valence-corrected chi connectivity index (χ4v) is 6.29. The van der Waals surface area contributed by atoms with Crippen molar-refractivity contribution in [1.29, 1.82) is 0 Å². The normalized spacial score (nSPS) is 20.7. The van der Waals surface area contributed by atoms with E-state index in [1.54, 1.807) is 18.2 Å². The van der Waals surface area contributed by atoms with Crippen molar-refractivity contribution in [2.75, 3.05) is 19.7 Å². The number of fused-ring (bicyclic) bond motifs is 2. The summed E-state index contributed by atoms with van der Waals surface area (Å²) in [6.45, 7) is 3.73. The molecule has 7 rings (SSSR count). The van der Waals surface area contributed by atoms with Crippen LogP contribution >= 0.6 is 11.6 Å². The van der Waals surface area contributed by atoms with E-state index in [4.69, 9.17) is 26.1 Å². The Labute approximate surface area is 247 Å². The summed E-state index contributed by atoms with van der Waals surface area (Å²) >= 11 is 5.97. The van der Waals surface area contributed by atoms with Crippen LogP contribution < -0.4 is 4.74 Å². The highest BCUT2D eigenvalue weighted by molar-refractivity contribution is 6.30. The van der Waals surface area contributed by atoms with Gasteiger partial charge in [-0.25, -0.2) is 19.2 Å². The third-order valence-electron chi connectivity index (χ3n) is 8.50. The minimum atomic E-state index is -1.06. The number of rotatable bonds is 7. The maximum Gasteiger partial charge on any atom is 0.354 e. The first kappa shape index (κ1) is 27.1. The van der Waals surface area contributed by atoms with Crippen LogP contribution in [-0.4, -0.2) is 56.3 Å². The average Bonchev–Trinajstić information content (AvgIpc) is 3.30. The van der Waals surface area contributed by atoms with Crippen molar-refractivity contribution in [3.8, 4) is 5.75 Å². The molecule has 42 heavy (non-hydrogen) atoms. The molecule has 3 aliphatic rings. The van der Waals surface area contributed by atoms with Gasteiger partial charge >= 0.3 is 5.97 Å². The number of hydrogen-bond donors (Lipinski definition) is 1. The van der Waals surface area contributed by atoms with Gasteiger partial charge in [-0.05, 0) is 74.2 Å². The Balaban J connectivity index is 1.08. The first-order valence-electron chi connectivity index (χ1n) is 14.3. The number of hydrogen-bond acceptors (Lipinski definition) is 6. The quantitative estimate of drug-likeness (QED) is 0.273. The molecule has 4 aromatic rings. The molecular formula is C32H30ClFN4O4. The van der Waals surface area contributed by atoms with E-state index in [1.165, 1.54) is 12.1 Å². The molecule has 2 aromatic carbocycles. The molecule has 2 aromatic heterocycles. The summed E-state index contributed by atoms with van der Waals surface area (Å²) in [4.78, 5) is 23.2. The van der Waals surface area contributed by atoms with Crippen molar-refractivity contribution in [1.82, 2.24) is 19.4 Å². The molecule has 10 heteroatoms. The lowest BCUT2D eigenvalue weighted by Crippen LogP contribution is -2.35. The van der Waals surface area contributed by atoms with E-state index in [0.29, 0.717) is 40.8 Å². The molecule has 2 saturated heterocycles. The minimum absolute atomic E-state index is 0.00911. The summed E-state index contributed by atoms with van der Waals surface area (Å²) in [5.74, 6) is 0.559. The number of para-hydroxylation sites is 1. The lowest BCUT2D eigenvalue weighted by Gasteiger charge is -2.34. The van der Waals surface area contributed by atoms with E-state index in [9.17, 15) is 14.3 Å². The predicted octanol–water partition coefficient (Wildman–Crippen LogP) is 6.24. The second-order valence-corrected chi connectivity index (χ2v) is 11.6. The summed E-state index contributed by atoms with van der Waals surface area (Å²) in [6.07, 6.45) is 6.32. The number of piperidine rings is 1. The van der Waals surface area contributed by atoms with E-state index in [1.807, 2.05) is 22.8 Å². The Kier molecular flexibility index (Phi) is 7.17. The highest BCUT2D eigenvalue weighted by Crippen LogP contribution is 2.42. The van der Waals surface area contributed by atoms with Crippen molar-refractivity contribution in [3.05, 3.63) is 93.7 Å². The van der Waals surface area contributed by atoms with Gasteiger partial charge in [0, 0.05) is 22.8 Å². The van der Waals surface area contributed by atoms with E-state index >= 15 is 0 Å². The van der Waals surface area contributed by atoms with Gasteiger partial charge in [0.25, 0.3) is 0 Å². The molecule has 0 saturated carbocycles. The molecule has 0 amide bonds. The summed E-state index contributed by atoms with van der Waals surface area (Å²) in [5.41, 5.74) is 3.90. The van der Waals surface area contributed by atoms with Gasteiger partial charge in [-0.3, -0.25) is 4.90 Å². The number of nitrogens with zero attached hydrogens (tertiary/aromatic N) is 4. The minimum Gasteiger partial charge on any atom is -0.481 e. The van der Waals surface area contributed by atoms with Gasteiger partial charge < -0.3 is 19.1 Å². The Hall–Kier alpha value is -3.79. The van der Waals surface area contributed by atoms with Gasteiger partial charge in [-0.2, -0.15) is 0 Å². The van der Waals surface area contributed by atoms with E-state index in [0.717, 1.165) is 61.7 Å². The fourth-order valence-electron chi connectivity index (χ4n) is 6.13. The lowest BCUT2D eigenvalue weighted by atomic mass is 9.87. The summed E-state index contributed by atoms with van der Waals surface area (Å²) in [5, 5.41) is 9.83. The number of aromatic nitrogens is 3. The van der Waals surface area contributed by atoms with Crippen LogP contribution in [0.1, 0.15) is 64.3 Å². The summed E-state index contributed by atoms with van der Waals surface area (Å²) < 4.78 is 28.8. The largest absolute Gasteiger partial charge is 0.481 e. The number of aromatic carboxylic acids is 1. The number of carbonyl (C=O) groups is 1. The highest BCUT2D eigenvalue weighted by Gasteiger charge is 2.29. The number of carboxylic acids is 1. The van der Waals surface area contributed by atoms with Gasteiger partial charge in [0.1, 0.15) is 29.0 Å². The SMILES string of the molecule is O=C(O)c1ccc2nc(CN3CCC(c4cccc5c4O[C@@H](c4ccc(Cl)cc4F)C=C5)CC3)n(C[C@H]3CCO3)c2n1. The second-order valence-electron chi connectivity index (χ2n) is 11.1. The molecule has 0 unspecified atom stereocenters. The monoisotopic (exact) mass is 588 g/mol. The van der Waals surface area contributed by atoms with Crippen LogP contribution in [0.2, 0.25) is 5.02 Å². The number of imidazole rings is 1. The van der Waals surface area contributed by atoms with E-state index in [-0.39, 0.29) is 17.6 Å². The molecule has 0 radical (unpaired) electrons. The fraction of sp³-hybridized carbons (Fsp3) is 0.344. The molecule has 0 bridgehead atoms. The molecule has 2 atom stereocenters. The number of pyridine rings is 1. The second kappa shape index (κ2) is 11.1. The molecule has 2 fully saturated rings. The van der Waals surface area contributed by atoms with Crippen LogP contribution in [0.25, 0.3) is 17.2 Å². The molecule has 0 aliphatic carbocycles. The van der Waals surface area contributed by atoms with Gasteiger partial charge in [-0.15, -0.1) is 0 Å². The Morgan fingerprint density at radius 3 is 2.64 bits per heavy atom. The van der Waals surface area contributed by atoms with Gasteiger partial charge in [-0.1, -0.05) is 41.9 Å². The molecule has 216 valence electrons. The van der Waals surface area contributed by atoms with Crippen LogP contribution in [0.3, 0.4) is 0 Å². The van der Waals surface area contributed by atoms with Crippen molar-refractivity contribution in [3.63, 3.8) is 0 Å². The molecule has 8 nitrogen and oxygen atoms in total. The van der Waals surface area contributed by atoms with Crippen LogP contribution in [0.15, 0.2) is 54.6 Å². The van der Waals surface area contributed by atoms with Crippen LogP contribution in [-0.2, 0) is 17.8 Å². The van der Waals surface area contributed by atoms with Gasteiger partial charge in [0.05, 0.1) is 19.2 Å². The number of likely N-dealkylation sites (tertiary alicyclic amines) is 1. The average molecular weight is 589 g/mol. The van der Waals surface area contributed by atoms with Crippen LogP contribution in [0.5, 0.6) is 5.75 Å². The third kappa shape index (κ3) is 5.17. The number of ether oxygens (including phenoxy) is 2. The zero-order valence-corrected chi connectivity index (χ0v) is 23.6. The molecule has 0 spiro atoms. The van der Waals surface area contributed by atoms with E-state index < -0.39 is 12.1 Å². The van der Waals surface area contributed by atoms with Crippen molar-refractivity contribution < 1.29 is 23.8 Å². The smallest absolute Gasteiger partial charge is 0.354 e. The first-order chi connectivity index (χ1) is 20.4. The number of carboxylic acid groups (broad SMARTS) is 1. The van der Waals surface area contributed by atoms with Crippen molar-refractivity contribution in [2.24, 2.45) is 0 Å². The number of benzene rings is 2. The zero-order chi connectivity index (χ0) is 28.8. The van der Waals surface area contributed by atoms with Gasteiger partial charge in [0.2, 0.25) is 0 Å². The molecule has 1 N–H and O–H groups in total. The van der Waals surface area contributed by atoms with Crippen molar-refractivity contribution in [2.45, 2.75) is 50.5 Å². The van der Waals surface area contributed by atoms with Crippen LogP contribution in [0, 0.1) is 5.82 Å². The van der Waals surface area contributed by atoms with E-state index in [2.05, 4.69) is 22.0 Å². The third-order valence-corrected chi connectivity index (χ3v) is 8.74. The topological polar surface area (TPSA) is 89.7 Å². The summed E-state index contributed by atoms with van der Waals surface area (Å²) in [7, 11) is 0. The molecule has 5 heterocycles. The van der Waals surface area contributed by atoms with Crippen LogP contribution in [0.4, 0.5) is 4.39 Å². The first-order valence-corrected chi connectivity index (χ1v) is 14.7. The number of halogens is 2. The predicted molar refractivity (Wildman–Crippen MR) is 156 cm³/mol.